The van der Waals surface area contributed by atoms with Gasteiger partial charge in [0.15, 0.2) is 5.84 Å². The van der Waals surface area contributed by atoms with E-state index in [0.717, 1.165) is 55.6 Å². The van der Waals surface area contributed by atoms with Crippen LogP contribution in [0.15, 0.2) is 166 Å². The van der Waals surface area contributed by atoms with Gasteiger partial charge in [0.25, 0.3) is 0 Å². The number of hydrogen-bond acceptors (Lipinski definition) is 4. The maximum absolute atomic E-state index is 6.45. The minimum Gasteiger partial charge on any atom is -0.456 e. The average molecular weight is 578 g/mol. The lowest BCUT2D eigenvalue weighted by Crippen LogP contribution is -2.33. The normalized spacial score (nSPS) is 14.9. The van der Waals surface area contributed by atoms with Gasteiger partial charge in [0.2, 0.25) is 0 Å². The first-order valence-corrected chi connectivity index (χ1v) is 15.2. The zero-order valence-electron chi connectivity index (χ0n) is 24.3. The lowest BCUT2D eigenvalue weighted by atomic mass is 9.99. The number of fused-ring (bicyclic) bond motifs is 6. The van der Waals surface area contributed by atoms with Crippen molar-refractivity contribution in [2.24, 2.45) is 9.98 Å². The monoisotopic (exact) mass is 577 g/mol. The fourth-order valence-electron chi connectivity index (χ4n) is 6.52. The van der Waals surface area contributed by atoms with Gasteiger partial charge in [0.1, 0.15) is 23.2 Å². The van der Waals surface area contributed by atoms with Crippen LogP contribution in [0.3, 0.4) is 0 Å². The summed E-state index contributed by atoms with van der Waals surface area (Å²) in [6.45, 7) is 0. The summed E-state index contributed by atoms with van der Waals surface area (Å²) in [6, 6.07) is 52.8. The first-order valence-electron chi connectivity index (χ1n) is 15.2. The van der Waals surface area contributed by atoms with Crippen molar-refractivity contribution in [2.45, 2.75) is 6.17 Å². The molecule has 0 saturated carbocycles. The standard InChI is InChI=1S/C41H27N3O/c1-3-10-26(11-4-1)29-20-23-34-37(25-29)45-36-17-9-16-35(38(34)36)41-43-39(28-13-5-2-6-14-28)42-40(44-41)31-21-22-33-30(24-31)19-18-27-12-7-8-15-32(27)33/h1-25,41H,(H,42,43,44). The highest BCUT2D eigenvalue weighted by Gasteiger charge is 2.24. The molecule has 0 aliphatic carbocycles. The summed E-state index contributed by atoms with van der Waals surface area (Å²) < 4.78 is 6.45. The van der Waals surface area contributed by atoms with Crippen molar-refractivity contribution in [3.8, 4) is 11.1 Å². The van der Waals surface area contributed by atoms with Crippen molar-refractivity contribution in [2.75, 3.05) is 0 Å². The number of rotatable bonds is 4. The predicted octanol–water partition coefficient (Wildman–Crippen LogP) is 10.1. The SMILES string of the molecule is c1ccc(C2=NC(c3cccc4oc5cc(-c6ccccc6)ccc5c34)NC(c3ccc4c(ccc5ccccc54)c3)=N2)cc1. The Morgan fingerprint density at radius 2 is 1.20 bits per heavy atom. The van der Waals surface area contributed by atoms with Crippen LogP contribution in [-0.4, -0.2) is 11.7 Å². The van der Waals surface area contributed by atoms with Crippen molar-refractivity contribution in [3.63, 3.8) is 0 Å². The highest BCUT2D eigenvalue weighted by Crippen LogP contribution is 2.37. The van der Waals surface area contributed by atoms with Gasteiger partial charge in [-0.15, -0.1) is 0 Å². The number of nitrogens with one attached hydrogen (secondary N) is 1. The Kier molecular flexibility index (Phi) is 5.85. The van der Waals surface area contributed by atoms with Crippen molar-refractivity contribution in [1.82, 2.24) is 5.32 Å². The molecule has 1 N–H and O–H groups in total. The lowest BCUT2D eigenvalue weighted by molar-refractivity contribution is 0.662. The highest BCUT2D eigenvalue weighted by atomic mass is 16.3. The molecule has 1 aliphatic rings. The van der Waals surface area contributed by atoms with Crippen LogP contribution in [0.1, 0.15) is 22.9 Å². The molecular weight excluding hydrogens is 550 g/mol. The van der Waals surface area contributed by atoms with Crippen LogP contribution in [0, 0.1) is 0 Å². The molecule has 2 heterocycles. The Labute approximate surface area is 260 Å². The molecule has 0 amide bonds. The second kappa shape index (κ2) is 10.3. The Morgan fingerprint density at radius 1 is 0.489 bits per heavy atom. The highest BCUT2D eigenvalue weighted by molar-refractivity contribution is 6.16. The van der Waals surface area contributed by atoms with Crippen molar-refractivity contribution >= 4 is 55.2 Å². The lowest BCUT2D eigenvalue weighted by Gasteiger charge is -2.24. The van der Waals surface area contributed by atoms with Crippen LogP contribution in [0.5, 0.6) is 0 Å². The number of nitrogens with zero attached hydrogens (tertiary/aromatic N) is 2. The van der Waals surface area contributed by atoms with E-state index in [1.54, 1.807) is 0 Å². The van der Waals surface area contributed by atoms with E-state index in [9.17, 15) is 0 Å². The zero-order chi connectivity index (χ0) is 29.7. The molecule has 45 heavy (non-hydrogen) atoms. The summed E-state index contributed by atoms with van der Waals surface area (Å²) in [5.74, 6) is 1.49. The van der Waals surface area contributed by atoms with Crippen LogP contribution < -0.4 is 5.32 Å². The Bertz CT molecular complexity index is 2460. The van der Waals surface area contributed by atoms with Gasteiger partial charge in [-0.1, -0.05) is 127 Å². The van der Waals surface area contributed by atoms with Gasteiger partial charge in [-0.2, -0.15) is 0 Å². The molecule has 1 atom stereocenters. The molecule has 1 aliphatic heterocycles. The second-order valence-corrected chi connectivity index (χ2v) is 11.4. The molecule has 212 valence electrons. The molecule has 0 spiro atoms. The van der Waals surface area contributed by atoms with Crippen LogP contribution >= 0.6 is 0 Å². The third-order valence-electron chi connectivity index (χ3n) is 8.72. The predicted molar refractivity (Wildman–Crippen MR) is 186 cm³/mol. The van der Waals surface area contributed by atoms with Gasteiger partial charge in [0.05, 0.1) is 0 Å². The van der Waals surface area contributed by atoms with Crippen molar-refractivity contribution in [1.29, 1.82) is 0 Å². The summed E-state index contributed by atoms with van der Waals surface area (Å²) in [5, 5.41) is 10.7. The molecule has 4 heteroatoms. The molecule has 0 fully saturated rings. The Morgan fingerprint density at radius 3 is 2.07 bits per heavy atom. The first kappa shape index (κ1) is 25.5. The number of benzene rings is 7. The third-order valence-corrected chi connectivity index (χ3v) is 8.72. The second-order valence-electron chi connectivity index (χ2n) is 11.4. The molecule has 4 nitrogen and oxygen atoms in total. The number of furan rings is 1. The van der Waals surface area contributed by atoms with Gasteiger partial charge in [0, 0.05) is 27.5 Å². The number of aliphatic imine (C=N–C) groups is 2. The minimum absolute atomic E-state index is 0.363. The average Bonchev–Trinajstić information content (AvgIpc) is 3.50. The maximum atomic E-state index is 6.45. The van der Waals surface area contributed by atoms with Crippen molar-refractivity contribution in [3.05, 3.63) is 168 Å². The molecule has 8 aromatic rings. The molecule has 9 rings (SSSR count). The van der Waals surface area contributed by atoms with E-state index in [1.165, 1.54) is 21.5 Å². The topological polar surface area (TPSA) is 49.9 Å². The van der Waals surface area contributed by atoms with Crippen LogP contribution in [0.2, 0.25) is 0 Å². The van der Waals surface area contributed by atoms with E-state index in [1.807, 2.05) is 36.4 Å². The largest absolute Gasteiger partial charge is 0.456 e. The Hall–Kier alpha value is -6.00. The third kappa shape index (κ3) is 4.38. The molecule has 0 bridgehead atoms. The summed E-state index contributed by atoms with van der Waals surface area (Å²) in [4.78, 5) is 10.3. The fourth-order valence-corrected chi connectivity index (χ4v) is 6.52. The zero-order valence-corrected chi connectivity index (χ0v) is 24.3. The van der Waals surface area contributed by atoms with Gasteiger partial charge in [-0.25, -0.2) is 9.98 Å². The summed E-state index contributed by atoms with van der Waals surface area (Å²) in [5.41, 5.74) is 7.03. The molecule has 1 aromatic heterocycles. The molecule has 7 aromatic carbocycles. The Balaban J connectivity index is 1.18. The summed E-state index contributed by atoms with van der Waals surface area (Å²) >= 11 is 0. The van der Waals surface area contributed by atoms with Gasteiger partial charge in [-0.3, -0.25) is 0 Å². The van der Waals surface area contributed by atoms with E-state index in [4.69, 9.17) is 14.4 Å². The first-order chi connectivity index (χ1) is 22.3. The van der Waals surface area contributed by atoms with E-state index >= 15 is 0 Å². The summed E-state index contributed by atoms with van der Waals surface area (Å²) in [6.07, 6.45) is -0.363. The number of amidine groups is 2. The fraction of sp³-hybridized carbons (Fsp3) is 0.0244. The molecule has 0 radical (unpaired) electrons. The maximum Gasteiger partial charge on any atom is 0.159 e. The van der Waals surface area contributed by atoms with Crippen LogP contribution in [0.25, 0.3) is 54.6 Å². The van der Waals surface area contributed by atoms with Gasteiger partial charge < -0.3 is 9.73 Å². The van der Waals surface area contributed by atoms with E-state index in [2.05, 4.69) is 121 Å². The van der Waals surface area contributed by atoms with Crippen molar-refractivity contribution < 1.29 is 4.42 Å². The van der Waals surface area contributed by atoms with E-state index in [-0.39, 0.29) is 6.17 Å². The van der Waals surface area contributed by atoms with Crippen LogP contribution in [0.4, 0.5) is 0 Å². The van der Waals surface area contributed by atoms with E-state index < -0.39 is 0 Å². The van der Waals surface area contributed by atoms with Gasteiger partial charge in [-0.05, 0) is 56.9 Å². The molecule has 1 unspecified atom stereocenters. The molecular formula is C41H27N3O. The summed E-state index contributed by atoms with van der Waals surface area (Å²) in [7, 11) is 0. The quantitative estimate of drug-likeness (QED) is 0.212. The van der Waals surface area contributed by atoms with E-state index in [0.29, 0.717) is 5.84 Å². The van der Waals surface area contributed by atoms with Gasteiger partial charge >= 0.3 is 0 Å². The molecule has 0 saturated heterocycles. The smallest absolute Gasteiger partial charge is 0.159 e. The van der Waals surface area contributed by atoms with Crippen LogP contribution in [-0.2, 0) is 0 Å². The number of hydrogen-bond donors (Lipinski definition) is 1. The minimum atomic E-state index is -0.363.